The Morgan fingerprint density at radius 1 is 1.21 bits per heavy atom. The first-order valence-corrected chi connectivity index (χ1v) is 9.01. The number of nitrogens with one attached hydrogen (secondary N) is 2. The normalized spacial score (nSPS) is 18.4. The molecule has 0 saturated carbocycles. The molecule has 4 aliphatic rings. The fourth-order valence-corrected chi connectivity index (χ4v) is 4.24. The average Bonchev–Trinajstić information content (AvgIpc) is 3.35. The van der Waals surface area contributed by atoms with E-state index in [1.165, 1.54) is 0 Å². The van der Waals surface area contributed by atoms with Gasteiger partial charge in [-0.3, -0.25) is 14.9 Å². The number of hydrogen-bond donors (Lipinski definition) is 2. The van der Waals surface area contributed by atoms with Crippen LogP contribution in [0.3, 0.4) is 0 Å². The molecule has 4 aliphatic heterocycles. The van der Waals surface area contributed by atoms with Gasteiger partial charge >= 0.3 is 0 Å². The monoisotopic (exact) mass is 372 g/mol. The second-order valence-electron chi connectivity index (χ2n) is 7.13. The molecule has 9 heteroatoms. The molecule has 0 aliphatic carbocycles. The predicted octanol–water partition coefficient (Wildman–Crippen LogP) is 1.88. The lowest BCUT2D eigenvalue weighted by molar-refractivity contribution is -0.119. The van der Waals surface area contributed by atoms with Gasteiger partial charge in [-0.15, -0.1) is 0 Å². The Morgan fingerprint density at radius 3 is 3.00 bits per heavy atom. The molecule has 2 aromatic rings. The van der Waals surface area contributed by atoms with E-state index in [1.54, 1.807) is 17.4 Å². The molecule has 0 amide bonds. The lowest BCUT2D eigenvalue weighted by Crippen LogP contribution is -2.41. The van der Waals surface area contributed by atoms with Gasteiger partial charge in [0.05, 0.1) is 35.8 Å². The van der Waals surface area contributed by atoms with Crippen molar-refractivity contribution < 1.29 is 4.79 Å². The Hall–Kier alpha value is -3.59. The van der Waals surface area contributed by atoms with Crippen molar-refractivity contribution in [3.63, 3.8) is 0 Å². The van der Waals surface area contributed by atoms with Gasteiger partial charge in [-0.2, -0.15) is 5.10 Å². The average molecular weight is 372 g/mol. The molecule has 28 heavy (non-hydrogen) atoms. The molecule has 5 heterocycles. The Kier molecular flexibility index (Phi) is 2.89. The van der Waals surface area contributed by atoms with E-state index in [2.05, 4.69) is 30.6 Å². The van der Waals surface area contributed by atoms with E-state index in [0.29, 0.717) is 11.5 Å². The van der Waals surface area contributed by atoms with Crippen molar-refractivity contribution in [1.29, 1.82) is 0 Å². The first kappa shape index (κ1) is 15.5. The quantitative estimate of drug-likeness (QED) is 0.522. The summed E-state index contributed by atoms with van der Waals surface area (Å²) in [5, 5.41) is 9.92. The second kappa shape index (κ2) is 5.23. The molecule has 138 valence electrons. The van der Waals surface area contributed by atoms with Crippen LogP contribution in [0.1, 0.15) is 17.4 Å². The molecule has 9 nitrogen and oxygen atoms in total. The summed E-state index contributed by atoms with van der Waals surface area (Å²) in [6.45, 7) is 2.09. The first-order valence-electron chi connectivity index (χ1n) is 9.01. The number of H-pyrrole nitrogens is 1. The summed E-state index contributed by atoms with van der Waals surface area (Å²) >= 11 is 0. The zero-order chi connectivity index (χ0) is 19.0. The SMILES string of the molecule is Cc1nc2cnc3c4c(c-2n1)N(c1cccc2[nH]ncc12)CC(=O)C4NN3C. The standard InChI is InChI=1S/C19H16N8O/c1-9-22-12-7-20-19-15-17(25-26(19)2)14(28)8-27(18(15)16(12)23-9)13-5-3-4-11-10(13)6-21-24-11/h3-7,17,25H,8H2,1-2H3,(H,21,24). The molecule has 1 unspecified atom stereocenters. The van der Waals surface area contributed by atoms with Crippen LogP contribution in [-0.4, -0.2) is 44.5 Å². The highest BCUT2D eigenvalue weighted by Gasteiger charge is 2.43. The number of nitrogens with zero attached hydrogens (tertiary/aromatic N) is 6. The number of hydrogen-bond acceptors (Lipinski definition) is 8. The minimum absolute atomic E-state index is 0.0796. The van der Waals surface area contributed by atoms with Crippen LogP contribution in [0.25, 0.3) is 22.3 Å². The van der Waals surface area contributed by atoms with Crippen LogP contribution < -0.4 is 15.3 Å². The van der Waals surface area contributed by atoms with Crippen molar-refractivity contribution in [2.75, 3.05) is 23.5 Å². The number of hydrazine groups is 1. The molecule has 1 atom stereocenters. The number of Topliss-reactive ketones (excluding diaryl/α,β-unsaturated/α-hetero) is 1. The zero-order valence-corrected chi connectivity index (χ0v) is 15.3. The first-order chi connectivity index (χ1) is 13.6. The van der Waals surface area contributed by atoms with E-state index in [9.17, 15) is 4.79 Å². The summed E-state index contributed by atoms with van der Waals surface area (Å²) < 4.78 is 0. The van der Waals surface area contributed by atoms with Crippen molar-refractivity contribution in [1.82, 2.24) is 30.6 Å². The van der Waals surface area contributed by atoms with Crippen molar-refractivity contribution in [2.24, 2.45) is 0 Å². The lowest BCUT2D eigenvalue weighted by Gasteiger charge is -2.32. The van der Waals surface area contributed by atoms with Gasteiger partial charge in [0.2, 0.25) is 0 Å². The van der Waals surface area contributed by atoms with E-state index in [1.807, 2.05) is 37.1 Å². The molecular formula is C19H16N8O. The zero-order valence-electron chi connectivity index (χ0n) is 15.3. The maximum Gasteiger partial charge on any atom is 0.175 e. The summed E-state index contributed by atoms with van der Waals surface area (Å²) in [6.07, 6.45) is 3.51. The van der Waals surface area contributed by atoms with Crippen LogP contribution in [0, 0.1) is 6.92 Å². The highest BCUT2D eigenvalue weighted by molar-refractivity contribution is 6.05. The summed E-state index contributed by atoms with van der Waals surface area (Å²) in [7, 11) is 1.87. The molecule has 1 aromatic carbocycles. The Bertz CT molecular complexity index is 1250. The summed E-state index contributed by atoms with van der Waals surface area (Å²) in [5.74, 6) is 1.48. The van der Waals surface area contributed by atoms with Crippen LogP contribution in [0.5, 0.6) is 0 Å². The van der Waals surface area contributed by atoms with Gasteiger partial charge in [-0.25, -0.2) is 20.4 Å². The van der Waals surface area contributed by atoms with Gasteiger partial charge in [0, 0.05) is 18.0 Å². The van der Waals surface area contributed by atoms with Gasteiger partial charge in [-0.05, 0) is 19.1 Å². The number of fused-ring (bicyclic) bond motifs is 3. The third-order valence-corrected chi connectivity index (χ3v) is 5.42. The van der Waals surface area contributed by atoms with Gasteiger partial charge < -0.3 is 4.90 Å². The minimum Gasteiger partial charge on any atom is -0.331 e. The van der Waals surface area contributed by atoms with Crippen LogP contribution in [0.15, 0.2) is 30.6 Å². The van der Waals surface area contributed by atoms with Crippen LogP contribution in [0.2, 0.25) is 0 Å². The molecule has 1 aromatic heterocycles. The molecule has 2 N–H and O–H groups in total. The van der Waals surface area contributed by atoms with Gasteiger partial charge in [0.1, 0.15) is 29.1 Å². The molecule has 0 spiro atoms. The Balaban J connectivity index is 1.73. The summed E-state index contributed by atoms with van der Waals surface area (Å²) in [4.78, 5) is 28.9. The number of aromatic amines is 1. The molecule has 0 radical (unpaired) electrons. The highest BCUT2D eigenvalue weighted by atomic mass is 16.1. The minimum atomic E-state index is -0.435. The van der Waals surface area contributed by atoms with E-state index >= 15 is 0 Å². The number of carbonyl (C=O) groups excluding carboxylic acids is 1. The van der Waals surface area contributed by atoms with Gasteiger partial charge in [-0.1, -0.05) is 6.07 Å². The molecule has 0 fully saturated rings. The van der Waals surface area contributed by atoms with Crippen molar-refractivity contribution in [2.45, 2.75) is 13.0 Å². The fraction of sp³-hybridized carbons (Fsp3) is 0.211. The van der Waals surface area contributed by atoms with Crippen LogP contribution >= 0.6 is 0 Å². The number of imidazole rings is 1. The lowest BCUT2D eigenvalue weighted by atomic mass is 9.96. The maximum absolute atomic E-state index is 13.1. The van der Waals surface area contributed by atoms with E-state index < -0.39 is 6.04 Å². The third-order valence-electron chi connectivity index (χ3n) is 5.42. The second-order valence-corrected chi connectivity index (χ2v) is 7.13. The third kappa shape index (κ3) is 1.91. The topological polar surface area (TPSA) is 103 Å². The van der Waals surface area contributed by atoms with Crippen molar-refractivity contribution in [3.05, 3.63) is 42.0 Å². The summed E-state index contributed by atoms with van der Waals surface area (Å²) in [6, 6.07) is 5.49. The maximum atomic E-state index is 13.1. The Labute approximate surface area is 159 Å². The molecule has 0 bridgehead atoms. The smallest absolute Gasteiger partial charge is 0.175 e. The van der Waals surface area contributed by atoms with E-state index in [0.717, 1.165) is 39.4 Å². The number of carbonyl (C=O) groups is 1. The predicted molar refractivity (Wildman–Crippen MR) is 104 cm³/mol. The fourth-order valence-electron chi connectivity index (χ4n) is 4.24. The van der Waals surface area contributed by atoms with Gasteiger partial charge in [0.25, 0.3) is 0 Å². The Morgan fingerprint density at radius 2 is 2.11 bits per heavy atom. The van der Waals surface area contributed by atoms with Crippen LogP contribution in [-0.2, 0) is 4.79 Å². The van der Waals surface area contributed by atoms with E-state index in [-0.39, 0.29) is 12.3 Å². The van der Waals surface area contributed by atoms with Crippen molar-refractivity contribution >= 4 is 33.9 Å². The summed E-state index contributed by atoms with van der Waals surface area (Å²) in [5.41, 5.74) is 8.23. The van der Waals surface area contributed by atoms with Crippen LogP contribution in [0.4, 0.5) is 17.2 Å². The number of aryl methyl sites for hydroxylation is 1. The number of benzene rings is 1. The number of rotatable bonds is 1. The largest absolute Gasteiger partial charge is 0.331 e. The molecule has 6 rings (SSSR count). The van der Waals surface area contributed by atoms with Crippen molar-refractivity contribution in [3.8, 4) is 11.4 Å². The number of anilines is 3. The molecular weight excluding hydrogens is 356 g/mol. The number of aromatic nitrogens is 5. The van der Waals surface area contributed by atoms with E-state index in [4.69, 9.17) is 0 Å². The highest BCUT2D eigenvalue weighted by Crippen LogP contribution is 2.48. The van der Waals surface area contributed by atoms with Gasteiger partial charge in [0.15, 0.2) is 5.78 Å². The number of ketones is 1. The molecule has 0 saturated heterocycles.